The fourth-order valence-electron chi connectivity index (χ4n) is 2.55. The van der Waals surface area contributed by atoms with Crippen molar-refractivity contribution in [1.82, 2.24) is 10.6 Å². The zero-order chi connectivity index (χ0) is 14.7. The van der Waals surface area contributed by atoms with Crippen LogP contribution in [-0.4, -0.2) is 37.4 Å². The van der Waals surface area contributed by atoms with Gasteiger partial charge >= 0.3 is 6.09 Å². The van der Waals surface area contributed by atoms with Gasteiger partial charge < -0.3 is 20.5 Å². The van der Waals surface area contributed by atoms with Gasteiger partial charge in [-0.1, -0.05) is 0 Å². The number of rotatable bonds is 3. The molecule has 0 aromatic heterocycles. The molecule has 2 atom stereocenters. The Labute approximate surface area is 114 Å². The molecular formula is C13H16F2N2O3. The molecule has 0 saturated carbocycles. The highest BCUT2D eigenvalue weighted by Crippen LogP contribution is 2.32. The van der Waals surface area contributed by atoms with E-state index in [2.05, 4.69) is 10.6 Å². The largest absolute Gasteiger partial charge is 0.497 e. The van der Waals surface area contributed by atoms with Crippen LogP contribution in [0.1, 0.15) is 17.9 Å². The number of carboxylic acid groups (broad SMARTS) is 1. The Morgan fingerprint density at radius 2 is 2.10 bits per heavy atom. The van der Waals surface area contributed by atoms with E-state index in [1.807, 2.05) is 0 Å². The van der Waals surface area contributed by atoms with Crippen LogP contribution in [0.5, 0.6) is 5.75 Å². The molecule has 1 amide bonds. The summed E-state index contributed by atoms with van der Waals surface area (Å²) < 4.78 is 33.0. The smallest absolute Gasteiger partial charge is 0.404 e. The van der Waals surface area contributed by atoms with E-state index in [1.165, 1.54) is 7.11 Å². The number of ether oxygens (including phenoxy) is 1. The lowest BCUT2D eigenvalue weighted by Crippen LogP contribution is -2.50. The first-order valence-corrected chi connectivity index (χ1v) is 6.26. The van der Waals surface area contributed by atoms with E-state index in [-0.39, 0.29) is 11.3 Å². The number of halogens is 2. The molecule has 1 aromatic rings. The van der Waals surface area contributed by atoms with Gasteiger partial charge in [0.05, 0.1) is 13.2 Å². The first-order chi connectivity index (χ1) is 9.52. The first kappa shape index (κ1) is 14.5. The third kappa shape index (κ3) is 2.98. The third-order valence-electron chi connectivity index (χ3n) is 3.45. The van der Waals surface area contributed by atoms with Crippen molar-refractivity contribution < 1.29 is 23.4 Å². The van der Waals surface area contributed by atoms with E-state index < -0.39 is 29.7 Å². The number of nitrogens with one attached hydrogen (secondary N) is 2. The van der Waals surface area contributed by atoms with Crippen molar-refractivity contribution in [3.63, 3.8) is 0 Å². The minimum absolute atomic E-state index is 0.0916. The summed E-state index contributed by atoms with van der Waals surface area (Å²) in [7, 11) is 1.33. The average molecular weight is 286 g/mol. The summed E-state index contributed by atoms with van der Waals surface area (Å²) >= 11 is 0. The molecule has 0 aliphatic carbocycles. The minimum Gasteiger partial charge on any atom is -0.497 e. The van der Waals surface area contributed by atoms with Gasteiger partial charge in [0.25, 0.3) is 0 Å². The van der Waals surface area contributed by atoms with Crippen molar-refractivity contribution in [2.75, 3.05) is 20.2 Å². The van der Waals surface area contributed by atoms with E-state index in [4.69, 9.17) is 9.84 Å². The molecule has 7 heteroatoms. The second-order valence-corrected chi connectivity index (χ2v) is 4.66. The summed E-state index contributed by atoms with van der Waals surface area (Å²) in [5.74, 6) is -1.88. The Hall–Kier alpha value is -1.89. The van der Waals surface area contributed by atoms with Gasteiger partial charge in [-0.25, -0.2) is 13.6 Å². The van der Waals surface area contributed by atoms with Gasteiger partial charge in [0.2, 0.25) is 0 Å². The zero-order valence-electron chi connectivity index (χ0n) is 11.0. The molecule has 0 spiro atoms. The van der Waals surface area contributed by atoms with Crippen LogP contribution in [0.2, 0.25) is 0 Å². The highest BCUT2D eigenvalue weighted by molar-refractivity contribution is 5.65. The summed E-state index contributed by atoms with van der Waals surface area (Å²) in [5.41, 5.74) is -0.0916. The maximum atomic E-state index is 14.1. The Morgan fingerprint density at radius 3 is 2.65 bits per heavy atom. The van der Waals surface area contributed by atoms with Crippen LogP contribution >= 0.6 is 0 Å². The molecule has 1 aliphatic rings. The highest BCUT2D eigenvalue weighted by Gasteiger charge is 2.32. The zero-order valence-corrected chi connectivity index (χ0v) is 11.0. The molecule has 1 aliphatic heterocycles. The van der Waals surface area contributed by atoms with Crippen molar-refractivity contribution >= 4 is 6.09 Å². The second-order valence-electron chi connectivity index (χ2n) is 4.66. The summed E-state index contributed by atoms with van der Waals surface area (Å²) in [6.07, 6.45) is -0.761. The number of carbonyl (C=O) groups is 1. The van der Waals surface area contributed by atoms with Crippen molar-refractivity contribution in [1.29, 1.82) is 0 Å². The van der Waals surface area contributed by atoms with Crippen LogP contribution in [0.15, 0.2) is 12.1 Å². The summed E-state index contributed by atoms with van der Waals surface area (Å²) in [6.45, 7) is 0.912. The first-order valence-electron chi connectivity index (χ1n) is 6.26. The van der Waals surface area contributed by atoms with Crippen molar-refractivity contribution in [2.24, 2.45) is 0 Å². The SMILES string of the molecule is COc1cc(F)c(C2CCNCC2NC(=O)O)c(F)c1. The van der Waals surface area contributed by atoms with E-state index in [0.29, 0.717) is 19.5 Å². The van der Waals surface area contributed by atoms with E-state index in [0.717, 1.165) is 12.1 Å². The molecule has 20 heavy (non-hydrogen) atoms. The van der Waals surface area contributed by atoms with E-state index in [9.17, 15) is 13.6 Å². The van der Waals surface area contributed by atoms with Crippen LogP contribution in [0.3, 0.4) is 0 Å². The molecule has 1 heterocycles. The fourth-order valence-corrected chi connectivity index (χ4v) is 2.55. The molecule has 0 bridgehead atoms. The van der Waals surface area contributed by atoms with Crippen molar-refractivity contribution in [3.05, 3.63) is 29.3 Å². The lowest BCUT2D eigenvalue weighted by Gasteiger charge is -2.32. The molecule has 0 radical (unpaired) electrons. The summed E-state index contributed by atoms with van der Waals surface area (Å²) in [6, 6.07) is 1.65. The monoisotopic (exact) mass is 286 g/mol. The molecule has 2 rings (SSSR count). The normalized spacial score (nSPS) is 22.4. The van der Waals surface area contributed by atoms with E-state index >= 15 is 0 Å². The summed E-state index contributed by atoms with van der Waals surface area (Å²) in [5, 5.41) is 14.1. The number of hydrogen-bond donors (Lipinski definition) is 3. The molecule has 110 valence electrons. The lowest BCUT2D eigenvalue weighted by atomic mass is 9.85. The van der Waals surface area contributed by atoms with Gasteiger partial charge in [0.15, 0.2) is 0 Å². The maximum absolute atomic E-state index is 14.1. The van der Waals surface area contributed by atoms with Gasteiger partial charge in [-0.2, -0.15) is 0 Å². The molecule has 1 aromatic carbocycles. The number of methoxy groups -OCH3 is 1. The van der Waals surface area contributed by atoms with Crippen LogP contribution in [0.4, 0.5) is 13.6 Å². The van der Waals surface area contributed by atoms with Crippen molar-refractivity contribution in [3.8, 4) is 5.75 Å². The quantitative estimate of drug-likeness (QED) is 0.790. The standard InChI is InChI=1S/C13H16F2N2O3/c1-20-7-4-9(14)12(10(15)5-7)8-2-3-16-6-11(8)17-13(18)19/h4-5,8,11,16-17H,2-3,6H2,1H3,(H,18,19). The Morgan fingerprint density at radius 1 is 1.45 bits per heavy atom. The van der Waals surface area contributed by atoms with Gasteiger partial charge in [-0.15, -0.1) is 0 Å². The number of amides is 1. The second kappa shape index (κ2) is 6.04. The number of piperidine rings is 1. The summed E-state index contributed by atoms with van der Waals surface area (Å²) in [4.78, 5) is 10.8. The van der Waals surface area contributed by atoms with E-state index in [1.54, 1.807) is 0 Å². The minimum atomic E-state index is -1.21. The maximum Gasteiger partial charge on any atom is 0.404 e. The molecular weight excluding hydrogens is 270 g/mol. The van der Waals surface area contributed by atoms with Gasteiger partial charge in [-0.05, 0) is 13.0 Å². The number of hydrogen-bond acceptors (Lipinski definition) is 3. The Kier molecular flexibility index (Phi) is 4.39. The lowest BCUT2D eigenvalue weighted by molar-refractivity contribution is 0.183. The average Bonchev–Trinajstić information content (AvgIpc) is 2.39. The van der Waals surface area contributed by atoms with Crippen LogP contribution in [0.25, 0.3) is 0 Å². The molecule has 1 saturated heterocycles. The molecule has 1 fully saturated rings. The van der Waals surface area contributed by atoms with Crippen molar-refractivity contribution in [2.45, 2.75) is 18.4 Å². The van der Waals surface area contributed by atoms with Gasteiger partial charge in [0.1, 0.15) is 17.4 Å². The predicted octanol–water partition coefficient (Wildman–Crippen LogP) is 1.69. The van der Waals surface area contributed by atoms with Crippen LogP contribution < -0.4 is 15.4 Å². The topological polar surface area (TPSA) is 70.6 Å². The van der Waals surface area contributed by atoms with Gasteiger partial charge in [0, 0.05) is 30.2 Å². The number of benzene rings is 1. The highest BCUT2D eigenvalue weighted by atomic mass is 19.1. The predicted molar refractivity (Wildman–Crippen MR) is 68.1 cm³/mol. The van der Waals surface area contributed by atoms with Gasteiger partial charge in [-0.3, -0.25) is 0 Å². The Bertz CT molecular complexity index is 487. The van der Waals surface area contributed by atoms with Crippen LogP contribution in [0, 0.1) is 11.6 Å². The van der Waals surface area contributed by atoms with Crippen LogP contribution in [-0.2, 0) is 0 Å². The molecule has 2 unspecified atom stereocenters. The third-order valence-corrected chi connectivity index (χ3v) is 3.45. The fraction of sp³-hybridized carbons (Fsp3) is 0.462. The molecule has 3 N–H and O–H groups in total. The molecule has 5 nitrogen and oxygen atoms in total. The Balaban J connectivity index is 2.34.